The number of carboxylic acid groups (broad SMARTS) is 1. The Hall–Kier alpha value is -1.65. The molecule has 0 aliphatic carbocycles. The molecule has 0 aromatic carbocycles. The Bertz CT molecular complexity index is 350. The highest BCUT2D eigenvalue weighted by Gasteiger charge is 2.09. The van der Waals surface area contributed by atoms with Crippen LogP contribution in [0.4, 0.5) is 0 Å². The number of carboxylic acids is 1. The molecule has 5 heteroatoms. The second kappa shape index (κ2) is 4.04. The van der Waals surface area contributed by atoms with Crippen LogP contribution in [0.25, 0.3) is 0 Å². The molecule has 1 aromatic rings. The summed E-state index contributed by atoms with van der Waals surface area (Å²) in [7, 11) is 0. The summed E-state index contributed by atoms with van der Waals surface area (Å²) < 4.78 is 5.27. The summed E-state index contributed by atoms with van der Waals surface area (Å²) in [6.45, 7) is 5.31. The number of rotatable bonds is 3. The zero-order valence-corrected chi connectivity index (χ0v) is 8.31. The molecular weight excluding hydrogens is 184 g/mol. The Morgan fingerprint density at radius 2 is 2.14 bits per heavy atom. The molecule has 1 N–H and O–H groups in total. The van der Waals surface area contributed by atoms with E-state index in [2.05, 4.69) is 9.97 Å². The van der Waals surface area contributed by atoms with Crippen molar-refractivity contribution in [2.45, 2.75) is 26.9 Å². The van der Waals surface area contributed by atoms with Crippen molar-refractivity contribution >= 4 is 5.97 Å². The van der Waals surface area contributed by atoms with Crippen molar-refractivity contribution in [3.8, 4) is 5.88 Å². The first-order chi connectivity index (χ1) is 6.49. The van der Waals surface area contributed by atoms with E-state index >= 15 is 0 Å². The molecule has 0 aliphatic heterocycles. The van der Waals surface area contributed by atoms with Crippen LogP contribution in [0, 0.1) is 6.92 Å². The summed E-state index contributed by atoms with van der Waals surface area (Å²) in [5.41, 5.74) is -0.0480. The number of carbonyl (C=O) groups is 1. The first-order valence-electron chi connectivity index (χ1n) is 4.24. The minimum atomic E-state index is -1.08. The molecule has 14 heavy (non-hydrogen) atoms. The van der Waals surface area contributed by atoms with Gasteiger partial charge in [-0.2, -0.15) is 4.98 Å². The van der Waals surface area contributed by atoms with Crippen LogP contribution in [-0.4, -0.2) is 27.1 Å². The summed E-state index contributed by atoms with van der Waals surface area (Å²) in [5.74, 6) is -0.394. The van der Waals surface area contributed by atoms with Gasteiger partial charge in [0.2, 0.25) is 5.88 Å². The van der Waals surface area contributed by atoms with Gasteiger partial charge in [0, 0.05) is 6.07 Å². The number of aromatic nitrogens is 2. The standard InChI is InChI=1S/C9H12N2O3/c1-5(2)14-8-4-7(9(12)13)10-6(3)11-8/h4-5H,1-3H3,(H,12,13). The van der Waals surface area contributed by atoms with Crippen LogP contribution < -0.4 is 4.74 Å². The summed E-state index contributed by atoms with van der Waals surface area (Å²) in [5, 5.41) is 8.72. The summed E-state index contributed by atoms with van der Waals surface area (Å²) in [6.07, 6.45) is -0.0362. The predicted octanol–water partition coefficient (Wildman–Crippen LogP) is 1.27. The number of ether oxygens (including phenoxy) is 1. The van der Waals surface area contributed by atoms with Gasteiger partial charge >= 0.3 is 5.97 Å². The maximum Gasteiger partial charge on any atom is 0.354 e. The SMILES string of the molecule is Cc1nc(OC(C)C)cc(C(=O)O)n1. The highest BCUT2D eigenvalue weighted by atomic mass is 16.5. The quantitative estimate of drug-likeness (QED) is 0.788. The van der Waals surface area contributed by atoms with Gasteiger partial charge in [0.25, 0.3) is 0 Å². The van der Waals surface area contributed by atoms with Crippen molar-refractivity contribution in [1.82, 2.24) is 9.97 Å². The lowest BCUT2D eigenvalue weighted by Gasteiger charge is -2.09. The third-order valence-corrected chi connectivity index (χ3v) is 1.39. The van der Waals surface area contributed by atoms with Crippen LogP contribution in [0.2, 0.25) is 0 Å². The van der Waals surface area contributed by atoms with E-state index in [4.69, 9.17) is 9.84 Å². The van der Waals surface area contributed by atoms with Crippen molar-refractivity contribution in [1.29, 1.82) is 0 Å². The minimum Gasteiger partial charge on any atom is -0.477 e. The Morgan fingerprint density at radius 1 is 1.50 bits per heavy atom. The average molecular weight is 196 g/mol. The molecule has 5 nitrogen and oxygen atoms in total. The van der Waals surface area contributed by atoms with E-state index in [0.717, 1.165) is 0 Å². The number of hydrogen-bond donors (Lipinski definition) is 1. The highest BCUT2D eigenvalue weighted by Crippen LogP contribution is 2.10. The van der Waals surface area contributed by atoms with Gasteiger partial charge in [0.1, 0.15) is 5.82 Å². The molecule has 0 fully saturated rings. The van der Waals surface area contributed by atoms with Gasteiger partial charge in [-0.25, -0.2) is 9.78 Å². The largest absolute Gasteiger partial charge is 0.477 e. The van der Waals surface area contributed by atoms with Crippen LogP contribution >= 0.6 is 0 Å². The molecule has 1 heterocycles. The van der Waals surface area contributed by atoms with Crippen molar-refractivity contribution in [2.24, 2.45) is 0 Å². The maximum atomic E-state index is 10.6. The van der Waals surface area contributed by atoms with Gasteiger partial charge < -0.3 is 9.84 Å². The molecule has 0 amide bonds. The van der Waals surface area contributed by atoms with E-state index < -0.39 is 5.97 Å². The van der Waals surface area contributed by atoms with Gasteiger partial charge in [-0.15, -0.1) is 0 Å². The first-order valence-corrected chi connectivity index (χ1v) is 4.24. The van der Waals surface area contributed by atoms with E-state index in [1.165, 1.54) is 6.07 Å². The zero-order chi connectivity index (χ0) is 10.7. The van der Waals surface area contributed by atoms with Gasteiger partial charge in [-0.05, 0) is 20.8 Å². The summed E-state index contributed by atoms with van der Waals surface area (Å²) in [4.78, 5) is 18.4. The fourth-order valence-electron chi connectivity index (χ4n) is 0.952. The number of aromatic carboxylic acids is 1. The monoisotopic (exact) mass is 196 g/mol. The molecule has 0 bridgehead atoms. The highest BCUT2D eigenvalue weighted by molar-refractivity contribution is 5.85. The van der Waals surface area contributed by atoms with Gasteiger partial charge in [-0.3, -0.25) is 0 Å². The van der Waals surface area contributed by atoms with E-state index in [-0.39, 0.29) is 11.8 Å². The Kier molecular flexibility index (Phi) is 3.01. The van der Waals surface area contributed by atoms with E-state index in [0.29, 0.717) is 11.7 Å². The minimum absolute atomic E-state index is 0.0362. The normalized spacial score (nSPS) is 10.3. The number of nitrogens with zero attached hydrogens (tertiary/aromatic N) is 2. The molecule has 0 spiro atoms. The second-order valence-corrected chi connectivity index (χ2v) is 3.11. The first kappa shape index (κ1) is 10.4. The molecular formula is C9H12N2O3. The zero-order valence-electron chi connectivity index (χ0n) is 8.31. The lowest BCUT2D eigenvalue weighted by atomic mass is 10.4. The fraction of sp³-hybridized carbons (Fsp3) is 0.444. The molecule has 0 atom stereocenters. The lowest BCUT2D eigenvalue weighted by Crippen LogP contribution is -2.10. The van der Waals surface area contributed by atoms with Crippen LogP contribution in [0.15, 0.2) is 6.07 Å². The van der Waals surface area contributed by atoms with E-state index in [1.807, 2.05) is 13.8 Å². The van der Waals surface area contributed by atoms with Crippen molar-refractivity contribution in [2.75, 3.05) is 0 Å². The van der Waals surface area contributed by atoms with Crippen LogP contribution in [-0.2, 0) is 0 Å². The fourth-order valence-corrected chi connectivity index (χ4v) is 0.952. The molecule has 76 valence electrons. The molecule has 0 radical (unpaired) electrons. The summed E-state index contributed by atoms with van der Waals surface area (Å²) >= 11 is 0. The van der Waals surface area contributed by atoms with Gasteiger partial charge in [0.15, 0.2) is 5.69 Å². The third kappa shape index (κ3) is 2.69. The second-order valence-electron chi connectivity index (χ2n) is 3.11. The Morgan fingerprint density at radius 3 is 2.64 bits per heavy atom. The van der Waals surface area contributed by atoms with Crippen LogP contribution in [0.5, 0.6) is 5.88 Å². The van der Waals surface area contributed by atoms with E-state index in [9.17, 15) is 4.79 Å². The summed E-state index contributed by atoms with van der Waals surface area (Å²) in [6, 6.07) is 1.31. The smallest absolute Gasteiger partial charge is 0.354 e. The maximum absolute atomic E-state index is 10.6. The Labute approximate surface area is 81.8 Å². The number of hydrogen-bond acceptors (Lipinski definition) is 4. The molecule has 0 unspecified atom stereocenters. The van der Waals surface area contributed by atoms with Crippen LogP contribution in [0.1, 0.15) is 30.2 Å². The van der Waals surface area contributed by atoms with Gasteiger partial charge in [0.05, 0.1) is 6.10 Å². The molecule has 0 aliphatic rings. The molecule has 1 aromatic heterocycles. The lowest BCUT2D eigenvalue weighted by molar-refractivity contribution is 0.0688. The Balaban J connectivity index is 3.01. The average Bonchev–Trinajstić information content (AvgIpc) is 2.01. The van der Waals surface area contributed by atoms with Crippen molar-refractivity contribution in [3.63, 3.8) is 0 Å². The third-order valence-electron chi connectivity index (χ3n) is 1.39. The number of aryl methyl sites for hydroxylation is 1. The van der Waals surface area contributed by atoms with Crippen LogP contribution in [0.3, 0.4) is 0 Å². The van der Waals surface area contributed by atoms with Gasteiger partial charge in [-0.1, -0.05) is 0 Å². The van der Waals surface area contributed by atoms with Crippen molar-refractivity contribution in [3.05, 3.63) is 17.6 Å². The molecule has 1 rings (SSSR count). The topological polar surface area (TPSA) is 72.3 Å². The molecule has 0 saturated heterocycles. The predicted molar refractivity (Wildman–Crippen MR) is 49.5 cm³/mol. The molecule has 0 saturated carbocycles. The van der Waals surface area contributed by atoms with Crippen molar-refractivity contribution < 1.29 is 14.6 Å². The van der Waals surface area contributed by atoms with E-state index in [1.54, 1.807) is 6.92 Å².